The first kappa shape index (κ1) is 15.1. The Hall–Kier alpha value is -3.29. The molecule has 0 saturated heterocycles. The lowest BCUT2D eigenvalue weighted by atomic mass is 10.2. The number of carbonyl (C=O) groups excluding carboxylic acids is 1. The lowest BCUT2D eigenvalue weighted by Gasteiger charge is -2.00. The molecule has 0 radical (unpaired) electrons. The molecule has 0 spiro atoms. The van der Waals surface area contributed by atoms with Crippen molar-refractivity contribution in [1.29, 1.82) is 0 Å². The van der Waals surface area contributed by atoms with Gasteiger partial charge in [0.05, 0.1) is 16.7 Å². The predicted octanol–water partition coefficient (Wildman–Crippen LogP) is 1.77. The lowest BCUT2D eigenvalue weighted by molar-refractivity contribution is -0.385. The van der Waals surface area contributed by atoms with Crippen LogP contribution in [0.2, 0.25) is 0 Å². The fraction of sp³-hybridized carbons (Fsp3) is 0.0714. The van der Waals surface area contributed by atoms with E-state index in [0.29, 0.717) is 11.1 Å². The van der Waals surface area contributed by atoms with Crippen LogP contribution in [0, 0.1) is 17.0 Å². The van der Waals surface area contributed by atoms with E-state index in [4.69, 9.17) is 0 Å². The molecule has 8 nitrogen and oxygen atoms in total. The molecule has 22 heavy (non-hydrogen) atoms. The number of hydrogen-bond donors (Lipinski definition) is 2. The van der Waals surface area contributed by atoms with Gasteiger partial charge in [0.2, 0.25) is 0 Å². The number of phenols is 1. The maximum atomic E-state index is 11.8. The summed E-state index contributed by atoms with van der Waals surface area (Å²) < 4.78 is 0. The smallest absolute Gasteiger partial charge is 0.310 e. The Morgan fingerprint density at radius 2 is 2.18 bits per heavy atom. The Morgan fingerprint density at radius 1 is 1.41 bits per heavy atom. The molecule has 1 aromatic carbocycles. The predicted molar refractivity (Wildman–Crippen MR) is 78.8 cm³/mol. The van der Waals surface area contributed by atoms with Gasteiger partial charge in [0.15, 0.2) is 5.75 Å². The molecule has 0 fully saturated rings. The molecular formula is C14H12N4O4. The van der Waals surface area contributed by atoms with Gasteiger partial charge >= 0.3 is 5.69 Å². The number of carbonyl (C=O) groups is 1. The zero-order chi connectivity index (χ0) is 16.1. The van der Waals surface area contributed by atoms with E-state index in [2.05, 4.69) is 15.5 Å². The van der Waals surface area contributed by atoms with Crippen LogP contribution in [0.25, 0.3) is 0 Å². The van der Waals surface area contributed by atoms with Crippen LogP contribution >= 0.6 is 0 Å². The van der Waals surface area contributed by atoms with Gasteiger partial charge in [-0.25, -0.2) is 5.43 Å². The second-order valence-corrected chi connectivity index (χ2v) is 4.39. The van der Waals surface area contributed by atoms with Crippen molar-refractivity contribution in [2.75, 3.05) is 0 Å². The number of nitro benzene ring substituents is 1. The number of phenolic OH excluding ortho intramolecular Hbond substituents is 1. The summed E-state index contributed by atoms with van der Waals surface area (Å²) in [6, 6.07) is 7.06. The number of amides is 1. The third-order valence-electron chi connectivity index (χ3n) is 2.75. The highest BCUT2D eigenvalue weighted by molar-refractivity contribution is 5.94. The first-order chi connectivity index (χ1) is 10.5. The van der Waals surface area contributed by atoms with E-state index >= 15 is 0 Å². The number of nitro groups is 1. The summed E-state index contributed by atoms with van der Waals surface area (Å²) in [5, 5.41) is 23.8. The molecule has 0 bridgehead atoms. The Balaban J connectivity index is 2.03. The molecule has 1 heterocycles. The van der Waals surface area contributed by atoms with Crippen molar-refractivity contribution in [2.24, 2.45) is 5.10 Å². The van der Waals surface area contributed by atoms with E-state index in [0.717, 1.165) is 11.8 Å². The van der Waals surface area contributed by atoms with Gasteiger partial charge in [0.1, 0.15) is 0 Å². The van der Waals surface area contributed by atoms with Gasteiger partial charge in [0.25, 0.3) is 5.91 Å². The monoisotopic (exact) mass is 300 g/mol. The maximum absolute atomic E-state index is 11.8. The Morgan fingerprint density at radius 3 is 2.77 bits per heavy atom. The second kappa shape index (κ2) is 6.44. The Kier molecular flexibility index (Phi) is 4.42. The molecule has 2 N–H and O–H groups in total. The number of hydrazone groups is 1. The minimum atomic E-state index is -0.692. The fourth-order valence-corrected chi connectivity index (χ4v) is 1.61. The van der Waals surface area contributed by atoms with Crippen molar-refractivity contribution in [1.82, 2.24) is 10.4 Å². The molecule has 1 aromatic heterocycles. The Labute approximate surface area is 125 Å². The molecule has 1 amide bonds. The van der Waals surface area contributed by atoms with Crippen LogP contribution in [0.4, 0.5) is 5.69 Å². The summed E-state index contributed by atoms with van der Waals surface area (Å²) in [7, 11) is 0. The summed E-state index contributed by atoms with van der Waals surface area (Å²) in [4.78, 5) is 25.6. The van der Waals surface area contributed by atoms with E-state index in [-0.39, 0.29) is 0 Å². The molecule has 0 atom stereocenters. The number of aromatic hydroxyl groups is 1. The highest BCUT2D eigenvalue weighted by Crippen LogP contribution is 2.25. The first-order valence-corrected chi connectivity index (χ1v) is 6.21. The molecular weight excluding hydrogens is 288 g/mol. The van der Waals surface area contributed by atoms with Crippen molar-refractivity contribution in [3.8, 4) is 5.75 Å². The summed E-state index contributed by atoms with van der Waals surface area (Å²) in [6.07, 6.45) is 2.70. The van der Waals surface area contributed by atoms with Crippen LogP contribution in [0.15, 0.2) is 41.6 Å². The maximum Gasteiger partial charge on any atom is 0.310 e. The number of aryl methyl sites for hydroxylation is 1. The number of nitrogens with one attached hydrogen (secondary N) is 1. The van der Waals surface area contributed by atoms with Crippen molar-refractivity contribution in [2.45, 2.75) is 6.92 Å². The normalized spacial score (nSPS) is 10.6. The number of nitrogens with zero attached hydrogens (tertiary/aromatic N) is 3. The van der Waals surface area contributed by atoms with E-state index in [9.17, 15) is 20.0 Å². The molecule has 2 rings (SSSR count). The zero-order valence-corrected chi connectivity index (χ0v) is 11.6. The minimum Gasteiger partial charge on any atom is -0.502 e. The van der Waals surface area contributed by atoms with E-state index in [1.165, 1.54) is 24.5 Å². The Bertz CT molecular complexity index is 741. The molecule has 0 aliphatic carbocycles. The summed E-state index contributed by atoms with van der Waals surface area (Å²) in [5.41, 5.74) is 3.46. The van der Waals surface area contributed by atoms with Gasteiger partial charge in [-0.05, 0) is 36.8 Å². The SMILES string of the molecule is Cc1ccc(C(=O)NN=Cc2ccc([N+](=O)[O-])c(O)c2)cn1. The van der Waals surface area contributed by atoms with Crippen LogP contribution in [0.3, 0.4) is 0 Å². The summed E-state index contributed by atoms with van der Waals surface area (Å²) >= 11 is 0. The van der Waals surface area contributed by atoms with Gasteiger partial charge in [-0.1, -0.05) is 0 Å². The van der Waals surface area contributed by atoms with Gasteiger partial charge in [-0.3, -0.25) is 19.9 Å². The topological polar surface area (TPSA) is 118 Å². The lowest BCUT2D eigenvalue weighted by Crippen LogP contribution is -2.17. The van der Waals surface area contributed by atoms with Crippen LogP contribution in [0.1, 0.15) is 21.6 Å². The minimum absolute atomic E-state index is 0.356. The van der Waals surface area contributed by atoms with E-state index in [1.807, 2.05) is 0 Å². The number of aromatic nitrogens is 1. The van der Waals surface area contributed by atoms with Crippen LogP contribution < -0.4 is 5.43 Å². The molecule has 8 heteroatoms. The summed E-state index contributed by atoms with van der Waals surface area (Å²) in [6.45, 7) is 1.81. The van der Waals surface area contributed by atoms with Crippen molar-refractivity contribution < 1.29 is 14.8 Å². The number of hydrogen-bond acceptors (Lipinski definition) is 6. The van der Waals surface area contributed by atoms with Crippen molar-refractivity contribution in [3.05, 3.63) is 63.5 Å². The van der Waals surface area contributed by atoms with Gasteiger partial charge in [-0.2, -0.15) is 5.10 Å². The molecule has 0 aliphatic rings. The second-order valence-electron chi connectivity index (χ2n) is 4.39. The molecule has 112 valence electrons. The highest BCUT2D eigenvalue weighted by atomic mass is 16.6. The molecule has 2 aromatic rings. The molecule has 0 saturated carbocycles. The number of rotatable bonds is 4. The number of pyridine rings is 1. The van der Waals surface area contributed by atoms with Gasteiger partial charge in [-0.15, -0.1) is 0 Å². The van der Waals surface area contributed by atoms with Crippen LogP contribution in [-0.2, 0) is 0 Å². The third-order valence-corrected chi connectivity index (χ3v) is 2.75. The largest absolute Gasteiger partial charge is 0.502 e. The van der Waals surface area contributed by atoms with Crippen LogP contribution in [-0.4, -0.2) is 27.1 Å². The van der Waals surface area contributed by atoms with Crippen molar-refractivity contribution in [3.63, 3.8) is 0 Å². The standard InChI is InChI=1S/C14H12N4O4/c1-9-2-4-11(8-15-9)14(20)17-16-7-10-3-5-12(18(21)22)13(19)6-10/h2-8,19H,1H3,(H,17,20). The van der Waals surface area contributed by atoms with E-state index in [1.54, 1.807) is 19.1 Å². The fourth-order valence-electron chi connectivity index (χ4n) is 1.61. The van der Waals surface area contributed by atoms with Crippen LogP contribution in [0.5, 0.6) is 5.75 Å². The quantitative estimate of drug-likeness (QED) is 0.507. The van der Waals surface area contributed by atoms with Gasteiger partial charge < -0.3 is 5.11 Å². The average Bonchev–Trinajstić information content (AvgIpc) is 2.47. The highest BCUT2D eigenvalue weighted by Gasteiger charge is 2.12. The summed E-state index contributed by atoms with van der Waals surface area (Å²) in [5.74, 6) is -0.905. The van der Waals surface area contributed by atoms with Crippen molar-refractivity contribution >= 4 is 17.8 Å². The number of benzene rings is 1. The van der Waals surface area contributed by atoms with Gasteiger partial charge in [0, 0.05) is 18.0 Å². The zero-order valence-electron chi connectivity index (χ0n) is 11.6. The van der Waals surface area contributed by atoms with E-state index < -0.39 is 22.3 Å². The third kappa shape index (κ3) is 3.63. The molecule has 0 unspecified atom stereocenters. The average molecular weight is 300 g/mol. The first-order valence-electron chi connectivity index (χ1n) is 6.21. The molecule has 0 aliphatic heterocycles.